The van der Waals surface area contributed by atoms with Crippen LogP contribution in [0.5, 0.6) is 11.5 Å². The minimum Gasteiger partial charge on any atom is -0.506 e. The van der Waals surface area contributed by atoms with E-state index in [0.29, 0.717) is 66.7 Å². The molecule has 2 aliphatic heterocycles. The number of aromatic amines is 1. The molecule has 5 aromatic carbocycles. The number of hydrogen-bond acceptors (Lipinski definition) is 11. The number of nitrogens with zero attached hydrogens (tertiary/aromatic N) is 2. The molecular formula is C54H59N5O9. The maximum Gasteiger partial charge on any atom is 0.347 e. The molecule has 0 aliphatic carbocycles. The van der Waals surface area contributed by atoms with E-state index >= 15 is 0 Å². The highest BCUT2D eigenvalue weighted by atomic mass is 16.5. The lowest BCUT2D eigenvalue weighted by Gasteiger charge is -2.33. The van der Waals surface area contributed by atoms with Crippen LogP contribution in [0.3, 0.4) is 0 Å². The molecule has 68 heavy (non-hydrogen) atoms. The Morgan fingerprint density at radius 2 is 1.49 bits per heavy atom. The lowest BCUT2D eigenvalue weighted by molar-refractivity contribution is -0.164. The number of pyridine rings is 1. The Hall–Kier alpha value is -6.84. The number of phenols is 1. The van der Waals surface area contributed by atoms with Crippen molar-refractivity contribution in [3.8, 4) is 11.5 Å². The molecule has 2 fully saturated rings. The molecule has 2 saturated heterocycles. The summed E-state index contributed by atoms with van der Waals surface area (Å²) in [6.45, 7) is 4.42. The van der Waals surface area contributed by atoms with Gasteiger partial charge in [0.15, 0.2) is 6.61 Å². The number of carbonyl (C=O) groups excluding carboxylic acids is 3. The number of likely N-dealkylation sites (tertiary alicyclic amines) is 2. The smallest absolute Gasteiger partial charge is 0.347 e. The number of phenolic OH excluding ortho intramolecular Hbond substituents is 1. The predicted octanol–water partition coefficient (Wildman–Crippen LogP) is 5.59. The molecule has 2 aliphatic rings. The third kappa shape index (κ3) is 11.8. The quantitative estimate of drug-likeness (QED) is 0.0465. The van der Waals surface area contributed by atoms with Crippen molar-refractivity contribution < 1.29 is 39.2 Å². The molecule has 0 bridgehead atoms. The Morgan fingerprint density at radius 3 is 2.22 bits per heavy atom. The molecule has 6 aromatic rings. The van der Waals surface area contributed by atoms with E-state index in [9.17, 15) is 34.5 Å². The van der Waals surface area contributed by atoms with Gasteiger partial charge in [-0.25, -0.2) is 4.79 Å². The average Bonchev–Trinajstić information content (AvgIpc) is 3.37. The molecule has 0 radical (unpaired) electrons. The maximum absolute atomic E-state index is 13.9. The van der Waals surface area contributed by atoms with Crippen molar-refractivity contribution in [3.05, 3.63) is 177 Å². The molecule has 2 atom stereocenters. The number of aromatic nitrogens is 1. The summed E-state index contributed by atoms with van der Waals surface area (Å²) in [6.07, 6.45) is 2.75. The number of nitrogens with one attached hydrogen (secondary N) is 3. The molecule has 14 heteroatoms. The molecule has 2 amide bonds. The van der Waals surface area contributed by atoms with Gasteiger partial charge in [0, 0.05) is 54.8 Å². The van der Waals surface area contributed by atoms with Crippen LogP contribution in [0.25, 0.3) is 10.9 Å². The van der Waals surface area contributed by atoms with E-state index in [1.165, 1.54) is 17.7 Å². The molecule has 3 heterocycles. The number of hydrogen-bond donors (Lipinski definition) is 6. The van der Waals surface area contributed by atoms with Crippen LogP contribution < -0.4 is 20.9 Å². The van der Waals surface area contributed by atoms with Crippen LogP contribution >= 0.6 is 0 Å². The number of piperidine rings is 2. The van der Waals surface area contributed by atoms with Crippen molar-refractivity contribution in [2.75, 3.05) is 52.5 Å². The van der Waals surface area contributed by atoms with Crippen molar-refractivity contribution in [2.45, 2.75) is 56.4 Å². The SMILES string of the molecule is O=C(COc1cccc(C(O)(C(=O)OCC2CCN(Cc3ccccc3)CC2)c2ccccc2)c1)NC1CCN(C(=O)c2ccc(CCNC[C@H](O)c3ccc(O)c4[nH]c(=O)ccc34)cc2)CC1. The van der Waals surface area contributed by atoms with Gasteiger partial charge in [-0.1, -0.05) is 91.0 Å². The van der Waals surface area contributed by atoms with Crippen LogP contribution in [-0.2, 0) is 32.9 Å². The highest BCUT2D eigenvalue weighted by Gasteiger charge is 2.42. The number of rotatable bonds is 18. The minimum absolute atomic E-state index is 0.0604. The van der Waals surface area contributed by atoms with E-state index in [-0.39, 0.29) is 65.9 Å². The summed E-state index contributed by atoms with van der Waals surface area (Å²) in [5.74, 6) is -0.736. The van der Waals surface area contributed by atoms with Gasteiger partial charge in [-0.3, -0.25) is 19.3 Å². The fourth-order valence-corrected chi connectivity index (χ4v) is 9.12. The summed E-state index contributed by atoms with van der Waals surface area (Å²) in [5, 5.41) is 40.0. The summed E-state index contributed by atoms with van der Waals surface area (Å²) < 4.78 is 11.8. The second kappa shape index (κ2) is 22.3. The van der Waals surface area contributed by atoms with E-state index in [4.69, 9.17) is 9.47 Å². The molecule has 8 rings (SSSR count). The first-order valence-electron chi connectivity index (χ1n) is 23.4. The number of carbonyl (C=O) groups is 3. The fourth-order valence-electron chi connectivity index (χ4n) is 9.12. The van der Waals surface area contributed by atoms with Gasteiger partial charge < -0.3 is 45.3 Å². The third-order valence-electron chi connectivity index (χ3n) is 13.1. The molecule has 1 unspecified atom stereocenters. The number of aliphatic hydroxyl groups excluding tert-OH is 1. The number of ether oxygens (including phenoxy) is 2. The van der Waals surface area contributed by atoms with Crippen LogP contribution in [0.15, 0.2) is 138 Å². The summed E-state index contributed by atoms with van der Waals surface area (Å²) in [4.78, 5) is 58.9. The second-order valence-electron chi connectivity index (χ2n) is 17.8. The van der Waals surface area contributed by atoms with E-state index in [1.807, 2.05) is 48.5 Å². The highest BCUT2D eigenvalue weighted by molar-refractivity contribution is 5.94. The molecule has 1 aromatic heterocycles. The third-order valence-corrected chi connectivity index (χ3v) is 13.1. The standard InChI is InChI=1S/C54H59N5O9/c60-47-20-18-45(46-19-21-49(62)57-51(46)47)48(61)33-55-27-22-37-14-16-40(17-15-37)52(64)59-30-25-43(26-31-59)56-50(63)36-67-44-13-7-12-42(32-44)54(66,41-10-5-2-6-11-41)53(65)68-35-39-23-28-58(29-24-39)34-38-8-3-1-4-9-38/h1-21,32,39,43,48,55,60-61,66H,22-31,33-36H2,(H,56,63)(H,57,62)/t48-,54?/m0/s1. The Kier molecular flexibility index (Phi) is 15.6. The molecule has 354 valence electrons. The monoisotopic (exact) mass is 921 g/mol. The number of H-pyrrole nitrogens is 1. The number of fused-ring (bicyclic) bond motifs is 1. The summed E-state index contributed by atoms with van der Waals surface area (Å²) in [5.41, 5.74) is 1.94. The number of esters is 1. The van der Waals surface area contributed by atoms with E-state index < -0.39 is 17.7 Å². The maximum atomic E-state index is 13.9. The van der Waals surface area contributed by atoms with Crippen LogP contribution in [0, 0.1) is 5.92 Å². The summed E-state index contributed by atoms with van der Waals surface area (Å²) in [7, 11) is 0. The van der Waals surface area contributed by atoms with Crippen molar-refractivity contribution in [3.63, 3.8) is 0 Å². The summed E-state index contributed by atoms with van der Waals surface area (Å²) >= 11 is 0. The molecule has 0 spiro atoms. The van der Waals surface area contributed by atoms with E-state index in [2.05, 4.69) is 32.7 Å². The number of benzene rings is 5. The Labute approximate surface area is 395 Å². The zero-order valence-electron chi connectivity index (χ0n) is 38.0. The van der Waals surface area contributed by atoms with Gasteiger partial charge in [-0.05, 0) is 116 Å². The van der Waals surface area contributed by atoms with Gasteiger partial charge in [0.05, 0.1) is 18.2 Å². The predicted molar refractivity (Wildman–Crippen MR) is 258 cm³/mol. The number of amides is 2. The molecule has 14 nitrogen and oxygen atoms in total. The first-order chi connectivity index (χ1) is 33.0. The summed E-state index contributed by atoms with van der Waals surface area (Å²) in [6, 6.07) is 39.0. The first-order valence-corrected chi connectivity index (χ1v) is 23.4. The fraction of sp³-hybridized carbons (Fsp3) is 0.333. The van der Waals surface area contributed by atoms with Gasteiger partial charge in [-0.15, -0.1) is 0 Å². The molecular weight excluding hydrogens is 863 g/mol. The van der Waals surface area contributed by atoms with Crippen LogP contribution in [-0.4, -0.2) is 106 Å². The lowest BCUT2D eigenvalue weighted by atomic mass is 9.86. The van der Waals surface area contributed by atoms with Gasteiger partial charge in [0.25, 0.3) is 11.8 Å². The number of aliphatic hydroxyl groups is 2. The van der Waals surface area contributed by atoms with Crippen molar-refractivity contribution in [1.29, 1.82) is 0 Å². The van der Waals surface area contributed by atoms with Crippen molar-refractivity contribution >= 4 is 28.7 Å². The van der Waals surface area contributed by atoms with Crippen molar-refractivity contribution in [1.82, 2.24) is 25.4 Å². The molecule has 6 N–H and O–H groups in total. The van der Waals surface area contributed by atoms with Crippen LogP contribution in [0.4, 0.5) is 0 Å². The highest BCUT2D eigenvalue weighted by Crippen LogP contribution is 2.34. The largest absolute Gasteiger partial charge is 0.506 e. The number of aromatic hydroxyl groups is 1. The zero-order valence-corrected chi connectivity index (χ0v) is 38.0. The Morgan fingerprint density at radius 1 is 0.779 bits per heavy atom. The lowest BCUT2D eigenvalue weighted by Crippen LogP contribution is -2.47. The van der Waals surface area contributed by atoms with Crippen LogP contribution in [0.1, 0.15) is 70.0 Å². The Balaban J connectivity index is 0.765. The Bertz CT molecular complexity index is 2700. The second-order valence-corrected chi connectivity index (χ2v) is 17.8. The van der Waals surface area contributed by atoms with Gasteiger partial charge in [-0.2, -0.15) is 0 Å². The normalized spacial score (nSPS) is 16.2. The van der Waals surface area contributed by atoms with Gasteiger partial charge in [0.2, 0.25) is 11.2 Å². The zero-order chi connectivity index (χ0) is 47.5. The first kappa shape index (κ1) is 47.6. The average molecular weight is 922 g/mol. The van der Waals surface area contributed by atoms with Crippen LogP contribution in [0.2, 0.25) is 0 Å². The van der Waals surface area contributed by atoms with E-state index in [1.54, 1.807) is 65.6 Å². The van der Waals surface area contributed by atoms with Gasteiger partial charge in [0.1, 0.15) is 11.5 Å². The molecule has 0 saturated carbocycles. The minimum atomic E-state index is -2.10. The van der Waals surface area contributed by atoms with Crippen molar-refractivity contribution in [2.24, 2.45) is 5.92 Å². The van der Waals surface area contributed by atoms with Gasteiger partial charge >= 0.3 is 5.97 Å². The van der Waals surface area contributed by atoms with E-state index in [0.717, 1.165) is 38.0 Å². The topological polar surface area (TPSA) is 194 Å².